The largest absolute Gasteiger partial charge is 0.347 e. The second kappa shape index (κ2) is 5.22. The number of aromatic nitrogens is 2. The minimum atomic E-state index is -0.311. The summed E-state index contributed by atoms with van der Waals surface area (Å²) in [5.74, 6) is 0. The standard InChI is InChI=1S/C16H14ClN3O/c1-10-3-6-15-12(7-10)9-18-20(15)16(21)19-13-5-4-11(2)14(17)8-13/h3-9H,1-2H3,(H,19,21). The van der Waals surface area contributed by atoms with E-state index in [1.807, 2.05) is 44.2 Å². The molecule has 3 rings (SSSR count). The summed E-state index contributed by atoms with van der Waals surface area (Å²) in [4.78, 5) is 12.3. The Labute approximate surface area is 127 Å². The minimum absolute atomic E-state index is 0.311. The Morgan fingerprint density at radius 1 is 1.19 bits per heavy atom. The molecule has 0 fully saturated rings. The number of rotatable bonds is 1. The van der Waals surface area contributed by atoms with Crippen LogP contribution in [0.5, 0.6) is 0 Å². The van der Waals surface area contributed by atoms with Crippen molar-refractivity contribution < 1.29 is 4.79 Å². The fourth-order valence-corrected chi connectivity index (χ4v) is 2.34. The Kier molecular flexibility index (Phi) is 3.39. The van der Waals surface area contributed by atoms with Gasteiger partial charge in [-0.15, -0.1) is 0 Å². The van der Waals surface area contributed by atoms with Crippen LogP contribution in [0.3, 0.4) is 0 Å². The molecule has 0 aliphatic rings. The quantitative estimate of drug-likeness (QED) is 0.724. The Bertz CT molecular complexity index is 839. The first kappa shape index (κ1) is 13.6. The summed E-state index contributed by atoms with van der Waals surface area (Å²) < 4.78 is 1.35. The third-order valence-corrected chi connectivity index (χ3v) is 3.75. The van der Waals surface area contributed by atoms with Gasteiger partial charge < -0.3 is 5.32 Å². The van der Waals surface area contributed by atoms with Gasteiger partial charge in [-0.25, -0.2) is 4.79 Å². The van der Waals surface area contributed by atoms with Crippen LogP contribution >= 0.6 is 11.6 Å². The van der Waals surface area contributed by atoms with Crippen molar-refractivity contribution in [2.45, 2.75) is 13.8 Å². The van der Waals surface area contributed by atoms with Crippen LogP contribution < -0.4 is 5.32 Å². The van der Waals surface area contributed by atoms with Crippen molar-refractivity contribution in [2.24, 2.45) is 0 Å². The third-order valence-electron chi connectivity index (χ3n) is 3.34. The smallest absolute Gasteiger partial charge is 0.306 e. The molecule has 0 unspecified atom stereocenters. The van der Waals surface area contributed by atoms with Gasteiger partial charge in [0, 0.05) is 16.1 Å². The highest BCUT2D eigenvalue weighted by molar-refractivity contribution is 6.31. The molecule has 1 heterocycles. The van der Waals surface area contributed by atoms with Crippen molar-refractivity contribution in [1.82, 2.24) is 9.78 Å². The van der Waals surface area contributed by atoms with Gasteiger partial charge in [0.1, 0.15) is 0 Å². The van der Waals surface area contributed by atoms with Crippen LogP contribution in [0.2, 0.25) is 5.02 Å². The molecule has 0 atom stereocenters. The van der Waals surface area contributed by atoms with Crippen LogP contribution in [0, 0.1) is 13.8 Å². The van der Waals surface area contributed by atoms with E-state index in [4.69, 9.17) is 11.6 Å². The Hall–Kier alpha value is -2.33. The fraction of sp³-hybridized carbons (Fsp3) is 0.125. The summed E-state index contributed by atoms with van der Waals surface area (Å²) >= 11 is 6.06. The topological polar surface area (TPSA) is 46.9 Å². The number of amides is 1. The van der Waals surface area contributed by atoms with E-state index in [-0.39, 0.29) is 6.03 Å². The van der Waals surface area contributed by atoms with Crippen molar-refractivity contribution >= 4 is 34.2 Å². The zero-order valence-corrected chi connectivity index (χ0v) is 12.5. The van der Waals surface area contributed by atoms with Gasteiger partial charge >= 0.3 is 6.03 Å². The monoisotopic (exact) mass is 299 g/mol. The summed E-state index contributed by atoms with van der Waals surface area (Å²) in [6, 6.07) is 10.9. The summed E-state index contributed by atoms with van der Waals surface area (Å²) in [7, 11) is 0. The predicted molar refractivity (Wildman–Crippen MR) is 85.1 cm³/mol. The number of benzene rings is 2. The van der Waals surface area contributed by atoms with Gasteiger partial charge in [0.15, 0.2) is 0 Å². The van der Waals surface area contributed by atoms with E-state index >= 15 is 0 Å². The van der Waals surface area contributed by atoms with Gasteiger partial charge in [-0.2, -0.15) is 9.78 Å². The highest BCUT2D eigenvalue weighted by Crippen LogP contribution is 2.21. The average Bonchev–Trinajstić information content (AvgIpc) is 2.85. The van der Waals surface area contributed by atoms with Crippen LogP contribution in [-0.4, -0.2) is 15.8 Å². The Morgan fingerprint density at radius 2 is 2.00 bits per heavy atom. The van der Waals surface area contributed by atoms with Gasteiger partial charge in [-0.1, -0.05) is 29.3 Å². The molecule has 106 valence electrons. The molecule has 1 N–H and O–H groups in total. The van der Waals surface area contributed by atoms with Gasteiger partial charge in [-0.3, -0.25) is 0 Å². The molecule has 0 spiro atoms. The van der Waals surface area contributed by atoms with Gasteiger partial charge in [0.2, 0.25) is 0 Å². The van der Waals surface area contributed by atoms with Crippen molar-refractivity contribution in [2.75, 3.05) is 5.32 Å². The zero-order valence-electron chi connectivity index (χ0n) is 11.7. The second-order valence-electron chi connectivity index (χ2n) is 5.01. The molecule has 3 aromatic rings. The molecule has 4 nitrogen and oxygen atoms in total. The second-order valence-corrected chi connectivity index (χ2v) is 5.42. The summed E-state index contributed by atoms with van der Waals surface area (Å²) in [5.41, 5.74) is 3.52. The van der Waals surface area contributed by atoms with Crippen LogP contribution in [0.25, 0.3) is 10.9 Å². The first-order valence-electron chi connectivity index (χ1n) is 6.56. The minimum Gasteiger partial charge on any atom is -0.306 e. The number of aryl methyl sites for hydroxylation is 2. The number of nitrogens with zero attached hydrogens (tertiary/aromatic N) is 2. The molecular weight excluding hydrogens is 286 g/mol. The maximum Gasteiger partial charge on any atom is 0.347 e. The van der Waals surface area contributed by atoms with Crippen LogP contribution in [-0.2, 0) is 0 Å². The van der Waals surface area contributed by atoms with Gasteiger partial charge in [0.05, 0.1) is 11.7 Å². The van der Waals surface area contributed by atoms with Crippen molar-refractivity contribution in [3.8, 4) is 0 Å². The van der Waals surface area contributed by atoms with Gasteiger partial charge in [0.25, 0.3) is 0 Å². The summed E-state index contributed by atoms with van der Waals surface area (Å²) in [6.07, 6.45) is 1.68. The fourth-order valence-electron chi connectivity index (χ4n) is 2.16. The first-order chi connectivity index (χ1) is 10.0. The van der Waals surface area contributed by atoms with Crippen LogP contribution in [0.1, 0.15) is 11.1 Å². The maximum atomic E-state index is 12.3. The molecule has 0 radical (unpaired) electrons. The molecular formula is C16H14ClN3O. The zero-order chi connectivity index (χ0) is 15.0. The molecule has 1 aromatic heterocycles. The molecule has 0 saturated carbocycles. The molecule has 0 aliphatic heterocycles. The molecule has 2 aromatic carbocycles. The number of nitrogens with one attached hydrogen (secondary N) is 1. The molecule has 0 bridgehead atoms. The maximum absolute atomic E-state index is 12.3. The lowest BCUT2D eigenvalue weighted by Gasteiger charge is -2.07. The predicted octanol–water partition coefficient (Wildman–Crippen LogP) is 4.39. The van der Waals surface area contributed by atoms with E-state index < -0.39 is 0 Å². The molecule has 0 aliphatic carbocycles. The molecule has 5 heteroatoms. The number of hydrogen-bond acceptors (Lipinski definition) is 2. The lowest BCUT2D eigenvalue weighted by atomic mass is 10.2. The number of anilines is 1. The molecule has 0 saturated heterocycles. The van der Waals surface area contributed by atoms with Crippen molar-refractivity contribution in [3.63, 3.8) is 0 Å². The van der Waals surface area contributed by atoms with E-state index in [1.165, 1.54) is 4.68 Å². The summed E-state index contributed by atoms with van der Waals surface area (Å²) in [6.45, 7) is 3.92. The average molecular weight is 300 g/mol. The number of hydrogen-bond donors (Lipinski definition) is 1. The Morgan fingerprint density at radius 3 is 2.76 bits per heavy atom. The first-order valence-corrected chi connectivity index (χ1v) is 6.94. The third kappa shape index (κ3) is 2.62. The SMILES string of the molecule is Cc1ccc2c(cnn2C(=O)Nc2ccc(C)c(Cl)c2)c1. The van der Waals surface area contributed by atoms with E-state index in [1.54, 1.807) is 12.3 Å². The normalized spacial score (nSPS) is 10.8. The number of fused-ring (bicyclic) bond motifs is 1. The van der Waals surface area contributed by atoms with Crippen LogP contribution in [0.4, 0.5) is 10.5 Å². The lowest BCUT2D eigenvalue weighted by molar-refractivity contribution is 0.252. The molecule has 21 heavy (non-hydrogen) atoms. The highest BCUT2D eigenvalue weighted by atomic mass is 35.5. The molecule has 1 amide bonds. The highest BCUT2D eigenvalue weighted by Gasteiger charge is 2.11. The van der Waals surface area contributed by atoms with E-state index in [2.05, 4.69) is 10.4 Å². The van der Waals surface area contributed by atoms with Crippen molar-refractivity contribution in [1.29, 1.82) is 0 Å². The number of halogens is 1. The number of carbonyl (C=O) groups excluding carboxylic acids is 1. The lowest BCUT2D eigenvalue weighted by Crippen LogP contribution is -2.20. The van der Waals surface area contributed by atoms with E-state index in [0.717, 1.165) is 22.0 Å². The summed E-state index contributed by atoms with van der Waals surface area (Å²) in [5, 5.41) is 8.50. The van der Waals surface area contributed by atoms with E-state index in [9.17, 15) is 4.79 Å². The number of carbonyl (C=O) groups is 1. The Balaban J connectivity index is 1.91. The van der Waals surface area contributed by atoms with Gasteiger partial charge in [-0.05, 0) is 43.7 Å². The van der Waals surface area contributed by atoms with Crippen LogP contribution in [0.15, 0.2) is 42.6 Å². The van der Waals surface area contributed by atoms with Crippen molar-refractivity contribution in [3.05, 3.63) is 58.7 Å². The van der Waals surface area contributed by atoms with E-state index in [0.29, 0.717) is 10.7 Å².